The molecule has 1 aromatic carbocycles. The predicted octanol–water partition coefficient (Wildman–Crippen LogP) is 1.51. The Bertz CT molecular complexity index is 1260. The van der Waals surface area contributed by atoms with Crippen LogP contribution in [0.1, 0.15) is 40.3 Å². The second-order valence-corrected chi connectivity index (χ2v) is 10.6. The molecule has 214 valence electrons. The average Bonchev–Trinajstić information content (AvgIpc) is 3.39. The van der Waals surface area contributed by atoms with Crippen LogP contribution in [0.5, 0.6) is 11.5 Å². The summed E-state index contributed by atoms with van der Waals surface area (Å²) in [5, 5.41) is 5.18. The van der Waals surface area contributed by atoms with E-state index in [0.29, 0.717) is 42.4 Å². The largest absolute Gasteiger partial charge is 0.493 e. The second kappa shape index (κ2) is 12.4. The highest BCUT2D eigenvalue weighted by Gasteiger charge is 2.48. The van der Waals surface area contributed by atoms with Gasteiger partial charge in [0.25, 0.3) is 11.8 Å². The molecule has 0 radical (unpaired) electrons. The minimum Gasteiger partial charge on any atom is -0.493 e. The smallest absolute Gasteiger partial charge is 0.272 e. The van der Waals surface area contributed by atoms with Crippen molar-refractivity contribution in [2.24, 2.45) is 17.8 Å². The minimum atomic E-state index is -0.591. The lowest BCUT2D eigenvalue weighted by molar-refractivity contribution is -0.131. The Morgan fingerprint density at radius 1 is 1.00 bits per heavy atom. The van der Waals surface area contributed by atoms with E-state index in [9.17, 15) is 19.2 Å². The minimum absolute atomic E-state index is 0.0515. The summed E-state index contributed by atoms with van der Waals surface area (Å²) in [6, 6.07) is 8.59. The van der Waals surface area contributed by atoms with Crippen LogP contribution in [0.15, 0.2) is 36.5 Å². The van der Waals surface area contributed by atoms with Crippen LogP contribution in [0.2, 0.25) is 0 Å². The zero-order valence-electron chi connectivity index (χ0n) is 23.6. The number of hydrogen-bond acceptors (Lipinski definition) is 7. The number of aryl methyl sites for hydroxylation is 1. The van der Waals surface area contributed by atoms with Crippen LogP contribution in [0.4, 0.5) is 0 Å². The lowest BCUT2D eigenvalue weighted by atomic mass is 9.79. The number of aromatic nitrogens is 1. The van der Waals surface area contributed by atoms with Gasteiger partial charge in [0, 0.05) is 45.0 Å². The molecule has 0 spiro atoms. The summed E-state index contributed by atoms with van der Waals surface area (Å²) in [4.78, 5) is 59.6. The maximum absolute atomic E-state index is 13.6. The molecular formula is C29H37N5O6. The van der Waals surface area contributed by atoms with Crippen LogP contribution in [0, 0.1) is 24.7 Å². The van der Waals surface area contributed by atoms with E-state index in [-0.39, 0.29) is 54.7 Å². The maximum atomic E-state index is 13.6. The quantitative estimate of drug-likeness (QED) is 0.509. The van der Waals surface area contributed by atoms with Crippen molar-refractivity contribution in [1.29, 1.82) is 0 Å². The Kier molecular flexibility index (Phi) is 8.91. The fourth-order valence-corrected chi connectivity index (χ4v) is 5.36. The molecule has 0 aliphatic carbocycles. The van der Waals surface area contributed by atoms with E-state index >= 15 is 0 Å². The van der Waals surface area contributed by atoms with Crippen molar-refractivity contribution < 1.29 is 28.7 Å². The van der Waals surface area contributed by atoms with E-state index in [1.165, 1.54) is 14.2 Å². The van der Waals surface area contributed by atoms with Crippen molar-refractivity contribution in [3.63, 3.8) is 0 Å². The number of methoxy groups -OCH3 is 1. The van der Waals surface area contributed by atoms with Crippen LogP contribution < -0.4 is 20.1 Å². The van der Waals surface area contributed by atoms with E-state index in [1.807, 2.05) is 26.8 Å². The van der Waals surface area contributed by atoms with Crippen molar-refractivity contribution in [2.45, 2.75) is 26.9 Å². The Morgan fingerprint density at radius 3 is 2.35 bits per heavy atom. The first-order chi connectivity index (χ1) is 19.1. The fraction of sp³-hybridized carbons (Fsp3) is 0.483. The molecular weight excluding hydrogens is 514 g/mol. The van der Waals surface area contributed by atoms with Gasteiger partial charge in [0.05, 0.1) is 25.7 Å². The summed E-state index contributed by atoms with van der Waals surface area (Å²) in [6.45, 7) is 6.87. The fourth-order valence-electron chi connectivity index (χ4n) is 5.36. The van der Waals surface area contributed by atoms with E-state index in [0.717, 1.165) is 5.56 Å². The number of benzene rings is 1. The predicted molar refractivity (Wildman–Crippen MR) is 147 cm³/mol. The van der Waals surface area contributed by atoms with Crippen LogP contribution in [0.25, 0.3) is 0 Å². The highest BCUT2D eigenvalue weighted by molar-refractivity contribution is 5.96. The van der Waals surface area contributed by atoms with Gasteiger partial charge < -0.3 is 29.9 Å². The summed E-state index contributed by atoms with van der Waals surface area (Å²) in [5.41, 5.74) is 1.69. The zero-order chi connectivity index (χ0) is 29.0. The monoisotopic (exact) mass is 551 g/mol. The normalized spacial score (nSPS) is 20.1. The van der Waals surface area contributed by atoms with E-state index in [2.05, 4.69) is 15.6 Å². The molecule has 0 saturated carbocycles. The number of rotatable bonds is 8. The van der Waals surface area contributed by atoms with E-state index in [4.69, 9.17) is 9.47 Å². The highest BCUT2D eigenvalue weighted by atomic mass is 16.5. The third-order valence-corrected chi connectivity index (χ3v) is 7.40. The summed E-state index contributed by atoms with van der Waals surface area (Å²) in [6.07, 6.45) is 1.58. The molecule has 3 atom stereocenters. The van der Waals surface area contributed by atoms with Gasteiger partial charge >= 0.3 is 0 Å². The summed E-state index contributed by atoms with van der Waals surface area (Å²) >= 11 is 0. The number of nitrogens with zero attached hydrogens (tertiary/aromatic N) is 3. The van der Waals surface area contributed by atoms with E-state index in [1.54, 1.807) is 40.3 Å². The van der Waals surface area contributed by atoms with Crippen molar-refractivity contribution in [1.82, 2.24) is 25.4 Å². The lowest BCUT2D eigenvalue weighted by Crippen LogP contribution is -2.54. The van der Waals surface area contributed by atoms with Crippen LogP contribution in [0.3, 0.4) is 0 Å². The van der Waals surface area contributed by atoms with Crippen molar-refractivity contribution in [2.75, 3.05) is 46.9 Å². The number of amides is 4. The standard InChI is InChI=1S/C29H37N5O6/c1-17(2)40-24-9-7-19(10-25(24)39-5)28(37)33-13-20-14-34(29(38)23-8-6-18(3)11-31-23)16-22(21(20)15-33)27(36)32-12-26(35)30-4/h6-11,17,20-22H,12-16H2,1-5H3,(H,30,35)(H,32,36). The molecule has 2 saturated heterocycles. The van der Waals surface area contributed by atoms with Gasteiger partial charge in [0.2, 0.25) is 11.8 Å². The topological polar surface area (TPSA) is 130 Å². The lowest BCUT2D eigenvalue weighted by Gasteiger charge is -2.39. The average molecular weight is 552 g/mol. The van der Waals surface area contributed by atoms with E-state index < -0.39 is 5.92 Å². The number of carbonyl (C=O) groups excluding carboxylic acids is 4. The molecule has 4 amide bonds. The number of fused-ring (bicyclic) bond motifs is 1. The molecule has 2 aliphatic rings. The molecule has 0 bridgehead atoms. The first-order valence-electron chi connectivity index (χ1n) is 13.5. The Morgan fingerprint density at radius 2 is 1.73 bits per heavy atom. The van der Waals surface area contributed by atoms with Crippen LogP contribution in [-0.4, -0.2) is 91.4 Å². The van der Waals surface area contributed by atoms with Crippen molar-refractivity contribution in [3.05, 3.63) is 53.3 Å². The Labute approximate surface area is 234 Å². The molecule has 3 unspecified atom stereocenters. The first kappa shape index (κ1) is 28.8. The van der Waals surface area contributed by atoms with Gasteiger partial charge in [-0.15, -0.1) is 0 Å². The third kappa shape index (κ3) is 6.35. The summed E-state index contributed by atoms with van der Waals surface area (Å²) in [5.74, 6) is -0.960. The highest BCUT2D eigenvalue weighted by Crippen LogP contribution is 2.37. The van der Waals surface area contributed by atoms with Crippen LogP contribution >= 0.6 is 0 Å². The SMILES string of the molecule is CNC(=O)CNC(=O)C1CN(C(=O)c2ccc(C)cn2)CC2CN(C(=O)c3ccc(OC(C)C)c(OC)c3)CC21. The Balaban J connectivity index is 1.56. The van der Waals surface area contributed by atoms with Crippen molar-refractivity contribution >= 4 is 23.6 Å². The summed E-state index contributed by atoms with van der Waals surface area (Å²) in [7, 11) is 3.02. The number of likely N-dealkylation sites (tertiary alicyclic amines) is 2. The van der Waals surface area contributed by atoms with Gasteiger partial charge in [-0.2, -0.15) is 0 Å². The summed E-state index contributed by atoms with van der Waals surface area (Å²) < 4.78 is 11.2. The van der Waals surface area contributed by atoms with Gasteiger partial charge in [-0.3, -0.25) is 24.2 Å². The van der Waals surface area contributed by atoms with Gasteiger partial charge in [0.1, 0.15) is 5.69 Å². The number of piperidine rings is 1. The number of likely N-dealkylation sites (N-methyl/N-ethyl adjacent to an activating group) is 1. The molecule has 40 heavy (non-hydrogen) atoms. The maximum Gasteiger partial charge on any atom is 0.272 e. The van der Waals surface area contributed by atoms with Crippen molar-refractivity contribution in [3.8, 4) is 11.5 Å². The molecule has 2 aliphatic heterocycles. The number of ether oxygens (including phenoxy) is 2. The number of nitrogens with one attached hydrogen (secondary N) is 2. The van der Waals surface area contributed by atoms with Gasteiger partial charge in [0.15, 0.2) is 11.5 Å². The molecule has 2 N–H and O–H groups in total. The molecule has 2 aromatic rings. The molecule has 3 heterocycles. The molecule has 11 nitrogen and oxygen atoms in total. The third-order valence-electron chi connectivity index (χ3n) is 7.40. The molecule has 1 aromatic heterocycles. The second-order valence-electron chi connectivity index (χ2n) is 10.6. The Hall–Kier alpha value is -4.15. The van der Waals surface area contributed by atoms with Gasteiger partial charge in [-0.05, 0) is 62.4 Å². The molecule has 4 rings (SSSR count). The molecule has 11 heteroatoms. The van der Waals surface area contributed by atoms with Gasteiger partial charge in [-0.1, -0.05) is 6.07 Å². The number of hydrogen-bond donors (Lipinski definition) is 2. The zero-order valence-corrected chi connectivity index (χ0v) is 23.6. The first-order valence-corrected chi connectivity index (χ1v) is 13.5. The molecule has 2 fully saturated rings. The number of pyridine rings is 1. The van der Waals surface area contributed by atoms with Gasteiger partial charge in [-0.25, -0.2) is 0 Å². The number of carbonyl (C=O) groups is 4. The van der Waals surface area contributed by atoms with Crippen LogP contribution in [-0.2, 0) is 9.59 Å².